The molecule has 1 aromatic carbocycles. The van der Waals surface area contributed by atoms with Crippen molar-refractivity contribution in [1.82, 2.24) is 9.97 Å². The molecular formula is C14H19N5O. The van der Waals surface area contributed by atoms with Crippen molar-refractivity contribution in [2.75, 3.05) is 17.3 Å². The molecule has 1 saturated heterocycles. The van der Waals surface area contributed by atoms with Crippen molar-refractivity contribution >= 4 is 22.7 Å². The largest absolute Gasteiger partial charge is 0.376 e. The van der Waals surface area contributed by atoms with Crippen LogP contribution in [-0.2, 0) is 4.74 Å². The lowest BCUT2D eigenvalue weighted by atomic mass is 9.94. The zero-order valence-corrected chi connectivity index (χ0v) is 11.7. The van der Waals surface area contributed by atoms with E-state index in [0.29, 0.717) is 5.95 Å². The molecule has 6 heteroatoms. The summed E-state index contributed by atoms with van der Waals surface area (Å²) in [6.45, 7) is 4.98. The van der Waals surface area contributed by atoms with Gasteiger partial charge in [0.15, 0.2) is 0 Å². The van der Waals surface area contributed by atoms with Crippen LogP contribution in [0.5, 0.6) is 0 Å². The fourth-order valence-electron chi connectivity index (χ4n) is 2.51. The Labute approximate surface area is 117 Å². The summed E-state index contributed by atoms with van der Waals surface area (Å²) in [7, 11) is 0. The molecule has 0 bridgehead atoms. The molecule has 2 heterocycles. The first-order chi connectivity index (χ1) is 9.62. The van der Waals surface area contributed by atoms with Crippen LogP contribution in [0.4, 0.5) is 11.8 Å². The highest BCUT2D eigenvalue weighted by molar-refractivity contribution is 5.90. The number of aromatic nitrogens is 2. The summed E-state index contributed by atoms with van der Waals surface area (Å²) in [5.74, 6) is 6.64. The highest BCUT2D eigenvalue weighted by Crippen LogP contribution is 2.31. The molecular weight excluding hydrogens is 254 g/mol. The first kappa shape index (κ1) is 13.1. The topological polar surface area (TPSA) is 85.1 Å². The SMILES string of the molecule is CC1OCCC1(C)Nc1nc(NN)nc2ccccc12. The number of hydrogen-bond donors (Lipinski definition) is 3. The number of fused-ring (bicyclic) bond motifs is 1. The Morgan fingerprint density at radius 3 is 2.85 bits per heavy atom. The van der Waals surface area contributed by atoms with E-state index < -0.39 is 0 Å². The van der Waals surface area contributed by atoms with Crippen LogP contribution in [0.15, 0.2) is 24.3 Å². The second-order valence-corrected chi connectivity index (χ2v) is 5.36. The van der Waals surface area contributed by atoms with Crippen LogP contribution < -0.4 is 16.6 Å². The van der Waals surface area contributed by atoms with Gasteiger partial charge in [-0.1, -0.05) is 12.1 Å². The molecule has 0 saturated carbocycles. The molecule has 4 N–H and O–H groups in total. The molecule has 0 aliphatic carbocycles. The van der Waals surface area contributed by atoms with Gasteiger partial charge in [-0.3, -0.25) is 5.43 Å². The summed E-state index contributed by atoms with van der Waals surface area (Å²) < 4.78 is 5.66. The summed E-state index contributed by atoms with van der Waals surface area (Å²) in [5.41, 5.74) is 3.23. The molecule has 1 aliphatic rings. The molecule has 1 fully saturated rings. The third-order valence-corrected chi connectivity index (χ3v) is 4.02. The van der Waals surface area contributed by atoms with Crippen LogP contribution in [0.1, 0.15) is 20.3 Å². The number of rotatable bonds is 3. The molecule has 0 radical (unpaired) electrons. The molecule has 1 aromatic heterocycles. The maximum atomic E-state index is 5.66. The average molecular weight is 273 g/mol. The number of nitrogen functional groups attached to an aromatic ring is 1. The van der Waals surface area contributed by atoms with E-state index in [-0.39, 0.29) is 11.6 Å². The second-order valence-electron chi connectivity index (χ2n) is 5.36. The Hall–Kier alpha value is -1.92. The number of nitrogens with two attached hydrogens (primary N) is 1. The van der Waals surface area contributed by atoms with Crippen molar-refractivity contribution in [2.24, 2.45) is 5.84 Å². The van der Waals surface area contributed by atoms with E-state index in [1.807, 2.05) is 24.3 Å². The molecule has 0 amide bonds. The number of nitrogens with one attached hydrogen (secondary N) is 2. The Balaban J connectivity index is 2.06. The Morgan fingerprint density at radius 1 is 1.35 bits per heavy atom. The van der Waals surface area contributed by atoms with Crippen LogP contribution in [0, 0.1) is 0 Å². The van der Waals surface area contributed by atoms with E-state index >= 15 is 0 Å². The van der Waals surface area contributed by atoms with Crippen LogP contribution >= 0.6 is 0 Å². The average Bonchev–Trinajstić information content (AvgIpc) is 2.78. The van der Waals surface area contributed by atoms with Crippen LogP contribution in [0.2, 0.25) is 0 Å². The quantitative estimate of drug-likeness (QED) is 0.585. The molecule has 0 spiro atoms. The summed E-state index contributed by atoms with van der Waals surface area (Å²) in [4.78, 5) is 8.80. The van der Waals surface area contributed by atoms with E-state index in [0.717, 1.165) is 29.7 Å². The number of hydrazine groups is 1. The number of anilines is 2. The monoisotopic (exact) mass is 273 g/mol. The predicted molar refractivity (Wildman–Crippen MR) is 79.4 cm³/mol. The minimum absolute atomic E-state index is 0.130. The Bertz CT molecular complexity index is 632. The van der Waals surface area contributed by atoms with Crippen molar-refractivity contribution in [1.29, 1.82) is 0 Å². The minimum Gasteiger partial charge on any atom is -0.376 e. The molecule has 3 rings (SSSR count). The summed E-state index contributed by atoms with van der Waals surface area (Å²) in [6, 6.07) is 7.87. The lowest BCUT2D eigenvalue weighted by molar-refractivity contribution is 0.105. The number of nitrogens with zero attached hydrogens (tertiary/aromatic N) is 2. The molecule has 6 nitrogen and oxygen atoms in total. The van der Waals surface area contributed by atoms with Crippen LogP contribution in [-0.4, -0.2) is 28.2 Å². The van der Waals surface area contributed by atoms with E-state index in [1.54, 1.807) is 0 Å². The van der Waals surface area contributed by atoms with Gasteiger partial charge in [-0.25, -0.2) is 10.8 Å². The number of benzene rings is 1. The minimum atomic E-state index is -0.136. The highest BCUT2D eigenvalue weighted by Gasteiger charge is 2.37. The third kappa shape index (κ3) is 2.17. The van der Waals surface area contributed by atoms with Gasteiger partial charge in [-0.2, -0.15) is 4.98 Å². The third-order valence-electron chi connectivity index (χ3n) is 4.02. The molecule has 2 aromatic rings. The first-order valence-corrected chi connectivity index (χ1v) is 6.75. The van der Waals surface area contributed by atoms with Gasteiger partial charge < -0.3 is 10.1 Å². The van der Waals surface area contributed by atoms with Crippen molar-refractivity contribution in [3.05, 3.63) is 24.3 Å². The smallest absolute Gasteiger partial charge is 0.239 e. The highest BCUT2D eigenvalue weighted by atomic mass is 16.5. The maximum Gasteiger partial charge on any atom is 0.239 e. The second kappa shape index (κ2) is 4.88. The molecule has 106 valence electrons. The maximum absolute atomic E-state index is 5.66. The number of ether oxygens (including phenoxy) is 1. The van der Waals surface area contributed by atoms with Gasteiger partial charge in [0.2, 0.25) is 5.95 Å². The van der Waals surface area contributed by atoms with E-state index in [2.05, 4.69) is 34.6 Å². The van der Waals surface area contributed by atoms with Crippen LogP contribution in [0.3, 0.4) is 0 Å². The van der Waals surface area contributed by atoms with Gasteiger partial charge in [0.1, 0.15) is 5.82 Å². The summed E-state index contributed by atoms with van der Waals surface area (Å²) in [5, 5.41) is 4.49. The van der Waals surface area contributed by atoms with E-state index in [9.17, 15) is 0 Å². The molecule has 2 atom stereocenters. The lowest BCUT2D eigenvalue weighted by Crippen LogP contribution is -2.41. The number of hydrogen-bond acceptors (Lipinski definition) is 6. The van der Waals surface area contributed by atoms with Crippen LogP contribution in [0.25, 0.3) is 10.9 Å². The van der Waals surface area contributed by atoms with E-state index in [4.69, 9.17) is 10.6 Å². The lowest BCUT2D eigenvalue weighted by Gasteiger charge is -2.30. The summed E-state index contributed by atoms with van der Waals surface area (Å²) >= 11 is 0. The van der Waals surface area contributed by atoms with E-state index in [1.165, 1.54) is 0 Å². The summed E-state index contributed by atoms with van der Waals surface area (Å²) in [6.07, 6.45) is 1.07. The fraction of sp³-hybridized carbons (Fsp3) is 0.429. The molecule has 1 aliphatic heterocycles. The molecule has 2 unspecified atom stereocenters. The zero-order chi connectivity index (χ0) is 14.2. The zero-order valence-electron chi connectivity index (χ0n) is 11.7. The van der Waals surface area contributed by atoms with Gasteiger partial charge in [-0.15, -0.1) is 0 Å². The normalized spacial score (nSPS) is 25.9. The first-order valence-electron chi connectivity index (χ1n) is 6.75. The Kier molecular flexibility index (Phi) is 3.19. The van der Waals surface area contributed by atoms with Gasteiger partial charge in [0.05, 0.1) is 17.2 Å². The van der Waals surface area contributed by atoms with Crippen molar-refractivity contribution in [3.63, 3.8) is 0 Å². The van der Waals surface area contributed by atoms with Gasteiger partial charge >= 0.3 is 0 Å². The van der Waals surface area contributed by atoms with Crippen molar-refractivity contribution in [2.45, 2.75) is 31.9 Å². The van der Waals surface area contributed by atoms with Crippen molar-refractivity contribution in [3.8, 4) is 0 Å². The Morgan fingerprint density at radius 2 is 2.15 bits per heavy atom. The number of para-hydroxylation sites is 1. The predicted octanol–water partition coefficient (Wildman–Crippen LogP) is 1.89. The van der Waals surface area contributed by atoms with Gasteiger partial charge in [0.25, 0.3) is 0 Å². The fourth-order valence-corrected chi connectivity index (χ4v) is 2.51. The standard InChI is InChI=1S/C14H19N5O/c1-9-14(2,7-8-20-9)18-12-10-5-3-4-6-11(10)16-13(17-12)19-15/h3-6,9H,7-8,15H2,1-2H3,(H2,16,17,18,19). The molecule has 20 heavy (non-hydrogen) atoms. The van der Waals surface area contributed by atoms with Crippen molar-refractivity contribution < 1.29 is 4.74 Å². The van der Waals surface area contributed by atoms with Gasteiger partial charge in [0, 0.05) is 12.0 Å². The van der Waals surface area contributed by atoms with Gasteiger partial charge in [-0.05, 0) is 32.4 Å².